The number of ether oxygens (including phenoxy) is 1. The molecule has 1 heterocycles. The number of piperazine rings is 1. The van der Waals surface area contributed by atoms with Gasteiger partial charge in [0.2, 0.25) is 5.91 Å². The first-order valence-electron chi connectivity index (χ1n) is 10.7. The van der Waals surface area contributed by atoms with E-state index in [1.54, 1.807) is 11.0 Å². The molecule has 1 saturated heterocycles. The summed E-state index contributed by atoms with van der Waals surface area (Å²) in [6.45, 7) is 6.79. The molecule has 1 aromatic rings. The third-order valence-corrected chi connectivity index (χ3v) is 6.28. The van der Waals surface area contributed by atoms with Crippen molar-refractivity contribution in [1.29, 1.82) is 0 Å². The maximum atomic E-state index is 13.6. The number of halogens is 3. The smallest absolute Gasteiger partial charge is 0.406 e. The molecule has 0 aromatic heterocycles. The molecular weight excluding hydrogens is 397 g/mol. The second-order valence-corrected chi connectivity index (χ2v) is 8.67. The maximum absolute atomic E-state index is 13.6. The molecule has 0 radical (unpaired) electrons. The van der Waals surface area contributed by atoms with E-state index in [1.165, 1.54) is 18.2 Å². The first-order chi connectivity index (χ1) is 14.1. The van der Waals surface area contributed by atoms with E-state index in [0.717, 1.165) is 32.4 Å². The number of alkyl halides is 3. The van der Waals surface area contributed by atoms with E-state index < -0.39 is 17.9 Å². The first-order valence-corrected chi connectivity index (χ1v) is 10.7. The van der Waals surface area contributed by atoms with Gasteiger partial charge < -0.3 is 14.7 Å². The molecule has 8 heteroatoms. The van der Waals surface area contributed by atoms with Crippen LogP contribution in [0.15, 0.2) is 24.3 Å². The predicted octanol–water partition coefficient (Wildman–Crippen LogP) is 3.92. The normalized spacial score (nSPS) is 21.5. The Labute approximate surface area is 175 Å². The molecule has 2 aliphatic rings. The molecule has 168 valence electrons. The lowest BCUT2D eigenvalue weighted by atomic mass is 9.72. The van der Waals surface area contributed by atoms with Crippen LogP contribution in [0.4, 0.5) is 13.2 Å². The highest BCUT2D eigenvalue weighted by Gasteiger charge is 2.45. The first kappa shape index (κ1) is 22.9. The molecule has 5 nitrogen and oxygen atoms in total. The van der Waals surface area contributed by atoms with Crippen LogP contribution in [0.2, 0.25) is 0 Å². The summed E-state index contributed by atoms with van der Waals surface area (Å²) in [5.41, 5.74) is -0.890. The second kappa shape index (κ2) is 9.14. The number of nitrogens with zero attached hydrogens (tertiary/aromatic N) is 2. The van der Waals surface area contributed by atoms with Crippen molar-refractivity contribution in [3.8, 4) is 5.75 Å². The Morgan fingerprint density at radius 3 is 2.30 bits per heavy atom. The fourth-order valence-electron chi connectivity index (χ4n) is 4.67. The van der Waals surface area contributed by atoms with Crippen LogP contribution in [0.5, 0.6) is 5.75 Å². The van der Waals surface area contributed by atoms with Crippen molar-refractivity contribution in [1.82, 2.24) is 9.80 Å². The molecule has 1 unspecified atom stereocenters. The SMILES string of the molecule is CC(C)N1CCN(C(=O)C(c2cccc(OC(F)(F)F)c2)C2(O)CCCCC2)CC1. The average Bonchev–Trinajstić information content (AvgIpc) is 2.67. The summed E-state index contributed by atoms with van der Waals surface area (Å²) >= 11 is 0. The lowest BCUT2D eigenvalue weighted by molar-refractivity contribution is -0.274. The highest BCUT2D eigenvalue weighted by Crippen LogP contribution is 2.42. The van der Waals surface area contributed by atoms with Gasteiger partial charge in [-0.25, -0.2) is 0 Å². The standard InChI is InChI=1S/C22H31F3N2O3/c1-16(2)26-11-13-27(14-12-26)20(28)19(21(29)9-4-3-5-10-21)17-7-6-8-18(15-17)30-22(23,24)25/h6-8,15-16,19,29H,3-5,9-14H2,1-2H3. The molecule has 1 N–H and O–H groups in total. The average molecular weight is 428 g/mol. The zero-order valence-corrected chi connectivity index (χ0v) is 17.6. The third-order valence-electron chi connectivity index (χ3n) is 6.28. The largest absolute Gasteiger partial charge is 0.573 e. The van der Waals surface area contributed by atoms with E-state index in [-0.39, 0.29) is 11.7 Å². The fraction of sp³-hybridized carbons (Fsp3) is 0.682. The molecule has 1 aliphatic carbocycles. The van der Waals surface area contributed by atoms with Gasteiger partial charge in [0.1, 0.15) is 5.75 Å². The van der Waals surface area contributed by atoms with E-state index in [2.05, 4.69) is 23.5 Å². The van der Waals surface area contributed by atoms with Crippen molar-refractivity contribution in [2.45, 2.75) is 69.9 Å². The van der Waals surface area contributed by atoms with Gasteiger partial charge in [-0.05, 0) is 44.4 Å². The van der Waals surface area contributed by atoms with E-state index >= 15 is 0 Å². The number of benzene rings is 1. The minimum atomic E-state index is -4.81. The van der Waals surface area contributed by atoms with E-state index in [9.17, 15) is 23.1 Å². The quantitative estimate of drug-likeness (QED) is 0.773. The van der Waals surface area contributed by atoms with Crippen molar-refractivity contribution in [3.63, 3.8) is 0 Å². The minimum Gasteiger partial charge on any atom is -0.406 e. The summed E-state index contributed by atoms with van der Waals surface area (Å²) in [6.07, 6.45) is -1.33. The van der Waals surface area contributed by atoms with Gasteiger partial charge >= 0.3 is 6.36 Å². The highest BCUT2D eigenvalue weighted by molar-refractivity contribution is 5.85. The van der Waals surface area contributed by atoms with Crippen LogP contribution in [-0.2, 0) is 4.79 Å². The van der Waals surface area contributed by atoms with Crippen LogP contribution in [0.25, 0.3) is 0 Å². The Hall–Kier alpha value is -1.80. The second-order valence-electron chi connectivity index (χ2n) is 8.67. The molecule has 0 spiro atoms. The Kier molecular flexibility index (Phi) is 6.97. The van der Waals surface area contributed by atoms with Crippen LogP contribution in [0, 0.1) is 0 Å². The Morgan fingerprint density at radius 2 is 1.73 bits per heavy atom. The monoisotopic (exact) mass is 428 g/mol. The molecule has 1 aliphatic heterocycles. The van der Waals surface area contributed by atoms with Crippen molar-refractivity contribution in [2.24, 2.45) is 0 Å². The topological polar surface area (TPSA) is 53.0 Å². The van der Waals surface area contributed by atoms with Gasteiger partial charge in [-0.15, -0.1) is 13.2 Å². The Bertz CT molecular complexity index is 725. The van der Waals surface area contributed by atoms with E-state index in [1.807, 2.05) is 0 Å². The lowest BCUT2D eigenvalue weighted by Crippen LogP contribution is -2.55. The van der Waals surface area contributed by atoms with Gasteiger partial charge in [-0.1, -0.05) is 31.4 Å². The summed E-state index contributed by atoms with van der Waals surface area (Å²) in [5, 5.41) is 11.4. The number of carbonyl (C=O) groups is 1. The number of rotatable bonds is 5. The fourth-order valence-corrected chi connectivity index (χ4v) is 4.67. The molecule has 1 amide bonds. The molecular formula is C22H31F3N2O3. The highest BCUT2D eigenvalue weighted by atomic mass is 19.4. The number of hydrogen-bond donors (Lipinski definition) is 1. The van der Waals surface area contributed by atoms with Gasteiger partial charge in [0.05, 0.1) is 11.5 Å². The Morgan fingerprint density at radius 1 is 1.10 bits per heavy atom. The van der Waals surface area contributed by atoms with Crippen LogP contribution in [0.3, 0.4) is 0 Å². The zero-order chi connectivity index (χ0) is 21.9. The van der Waals surface area contributed by atoms with Gasteiger partial charge in [0, 0.05) is 32.2 Å². The molecule has 0 bridgehead atoms. The number of aliphatic hydroxyl groups is 1. The number of amides is 1. The summed E-state index contributed by atoms with van der Waals surface area (Å²) in [5.74, 6) is -1.49. The predicted molar refractivity (Wildman–Crippen MR) is 107 cm³/mol. The third kappa shape index (κ3) is 5.46. The van der Waals surface area contributed by atoms with Gasteiger partial charge in [0.25, 0.3) is 0 Å². The molecule has 30 heavy (non-hydrogen) atoms. The van der Waals surface area contributed by atoms with Gasteiger partial charge in [-0.3, -0.25) is 9.69 Å². The molecule has 3 rings (SSSR count). The minimum absolute atomic E-state index is 0.216. The van der Waals surface area contributed by atoms with Crippen molar-refractivity contribution >= 4 is 5.91 Å². The van der Waals surface area contributed by atoms with E-state index in [0.29, 0.717) is 37.5 Å². The summed E-state index contributed by atoms with van der Waals surface area (Å²) in [7, 11) is 0. The van der Waals surface area contributed by atoms with Crippen LogP contribution >= 0.6 is 0 Å². The molecule has 2 fully saturated rings. The van der Waals surface area contributed by atoms with Crippen molar-refractivity contribution < 1.29 is 27.8 Å². The molecule has 1 atom stereocenters. The summed E-state index contributed by atoms with van der Waals surface area (Å²) in [6, 6.07) is 5.90. The Balaban J connectivity index is 1.88. The maximum Gasteiger partial charge on any atom is 0.573 e. The number of hydrogen-bond acceptors (Lipinski definition) is 4. The lowest BCUT2D eigenvalue weighted by Gasteiger charge is -2.43. The van der Waals surface area contributed by atoms with E-state index in [4.69, 9.17) is 0 Å². The van der Waals surface area contributed by atoms with Crippen LogP contribution in [-0.4, -0.2) is 65.0 Å². The van der Waals surface area contributed by atoms with Gasteiger partial charge in [-0.2, -0.15) is 0 Å². The van der Waals surface area contributed by atoms with Gasteiger partial charge in [0.15, 0.2) is 0 Å². The molecule has 1 aromatic carbocycles. The van der Waals surface area contributed by atoms with Crippen LogP contribution < -0.4 is 4.74 Å². The van der Waals surface area contributed by atoms with Crippen LogP contribution in [0.1, 0.15) is 57.4 Å². The summed E-state index contributed by atoms with van der Waals surface area (Å²) < 4.78 is 42.2. The zero-order valence-electron chi connectivity index (χ0n) is 17.6. The molecule has 1 saturated carbocycles. The number of carbonyl (C=O) groups excluding carboxylic acids is 1. The van der Waals surface area contributed by atoms with Crippen molar-refractivity contribution in [2.75, 3.05) is 26.2 Å². The summed E-state index contributed by atoms with van der Waals surface area (Å²) in [4.78, 5) is 17.6. The van der Waals surface area contributed by atoms with Crippen molar-refractivity contribution in [3.05, 3.63) is 29.8 Å².